The number of ether oxygens (including phenoxy) is 1. The van der Waals surface area contributed by atoms with Gasteiger partial charge in [-0.2, -0.15) is 0 Å². The largest absolute Gasteiger partial charge is 0.550 e. The van der Waals surface area contributed by atoms with E-state index in [9.17, 15) is 19.5 Å². The van der Waals surface area contributed by atoms with E-state index in [2.05, 4.69) is 5.32 Å². The van der Waals surface area contributed by atoms with E-state index in [-0.39, 0.29) is 24.3 Å². The SMILES string of the molecule is CCOC(=O)c1c(NC(=O)[C@@H]2[C@@H]3C=C[C@@H](C3)[C@@]2(C)C(=O)[O-])sc2c1CCCC2. The Morgan fingerprint density at radius 3 is 2.75 bits per heavy atom. The lowest BCUT2D eigenvalue weighted by molar-refractivity contribution is -0.321. The molecule has 3 aliphatic carbocycles. The van der Waals surface area contributed by atoms with Gasteiger partial charge in [-0.25, -0.2) is 4.79 Å². The summed E-state index contributed by atoms with van der Waals surface area (Å²) >= 11 is 1.42. The van der Waals surface area contributed by atoms with Crippen molar-refractivity contribution < 1.29 is 24.2 Å². The fourth-order valence-corrected chi connectivity index (χ4v) is 6.38. The average molecular weight is 402 g/mol. The quantitative estimate of drug-likeness (QED) is 0.602. The van der Waals surface area contributed by atoms with Crippen molar-refractivity contribution >= 4 is 34.2 Å². The molecule has 0 aromatic carbocycles. The number of thiophene rings is 1. The molecule has 1 amide bonds. The molecule has 6 nitrogen and oxygen atoms in total. The van der Waals surface area contributed by atoms with Gasteiger partial charge in [0.1, 0.15) is 5.00 Å². The van der Waals surface area contributed by atoms with Crippen LogP contribution in [0.3, 0.4) is 0 Å². The van der Waals surface area contributed by atoms with Crippen LogP contribution in [0.15, 0.2) is 12.2 Å². The molecule has 1 aromatic heterocycles. The standard InChI is InChI=1S/C21H25NO5S/c1-3-27-19(24)15-13-6-4-5-7-14(13)28-18(15)22-17(23)16-11-8-9-12(10-11)21(16,2)20(25)26/h8-9,11-12,16H,3-7,10H2,1-2H3,(H,22,23)(H,25,26)/p-1/t11-,12+,16+,21-/m1/s1. The number of nitrogens with one attached hydrogen (secondary N) is 1. The first kappa shape index (κ1) is 19.2. The fourth-order valence-electron chi connectivity index (χ4n) is 5.10. The maximum absolute atomic E-state index is 13.2. The molecule has 28 heavy (non-hydrogen) atoms. The minimum Gasteiger partial charge on any atom is -0.550 e. The van der Waals surface area contributed by atoms with Gasteiger partial charge in [0.15, 0.2) is 0 Å². The molecule has 4 atom stereocenters. The summed E-state index contributed by atoms with van der Waals surface area (Å²) in [5.41, 5.74) is 0.189. The van der Waals surface area contributed by atoms with Gasteiger partial charge in [0, 0.05) is 16.3 Å². The Hall–Kier alpha value is -2.15. The monoisotopic (exact) mass is 402 g/mol. The van der Waals surface area contributed by atoms with Crippen molar-refractivity contribution in [3.05, 3.63) is 28.2 Å². The molecule has 0 saturated heterocycles. The van der Waals surface area contributed by atoms with Gasteiger partial charge in [0.2, 0.25) is 5.91 Å². The highest BCUT2D eigenvalue weighted by molar-refractivity contribution is 7.17. The van der Waals surface area contributed by atoms with Gasteiger partial charge in [-0.15, -0.1) is 11.3 Å². The maximum Gasteiger partial charge on any atom is 0.341 e. The number of hydrogen-bond donors (Lipinski definition) is 1. The van der Waals surface area contributed by atoms with Crippen LogP contribution in [0.25, 0.3) is 0 Å². The van der Waals surface area contributed by atoms with E-state index in [4.69, 9.17) is 4.74 Å². The summed E-state index contributed by atoms with van der Waals surface area (Å²) in [7, 11) is 0. The van der Waals surface area contributed by atoms with Crippen LogP contribution < -0.4 is 10.4 Å². The average Bonchev–Trinajstić information content (AvgIpc) is 3.33. The number of carboxylic acid groups (broad SMARTS) is 1. The number of carbonyl (C=O) groups is 3. The van der Waals surface area contributed by atoms with E-state index in [1.807, 2.05) is 12.2 Å². The molecule has 1 saturated carbocycles. The summed E-state index contributed by atoms with van der Waals surface area (Å²) in [6, 6.07) is 0. The minimum atomic E-state index is -1.23. The topological polar surface area (TPSA) is 95.5 Å². The van der Waals surface area contributed by atoms with E-state index in [1.54, 1.807) is 13.8 Å². The van der Waals surface area contributed by atoms with Crippen LogP contribution in [0.5, 0.6) is 0 Å². The van der Waals surface area contributed by atoms with Crippen LogP contribution in [-0.4, -0.2) is 24.5 Å². The Morgan fingerprint density at radius 1 is 1.29 bits per heavy atom. The van der Waals surface area contributed by atoms with Gasteiger partial charge in [-0.05, 0) is 56.4 Å². The Balaban J connectivity index is 1.67. The second-order valence-electron chi connectivity index (χ2n) is 8.06. The zero-order chi connectivity index (χ0) is 20.1. The molecule has 4 rings (SSSR count). The van der Waals surface area contributed by atoms with Crippen molar-refractivity contribution in [1.29, 1.82) is 0 Å². The summed E-state index contributed by atoms with van der Waals surface area (Å²) < 4.78 is 5.23. The van der Waals surface area contributed by atoms with Crippen LogP contribution in [0.1, 0.15) is 53.9 Å². The number of anilines is 1. The number of fused-ring (bicyclic) bond motifs is 3. The third-order valence-electron chi connectivity index (χ3n) is 6.57. The van der Waals surface area contributed by atoms with Gasteiger partial charge in [-0.3, -0.25) is 4.79 Å². The van der Waals surface area contributed by atoms with Crippen molar-refractivity contribution in [2.45, 2.75) is 46.0 Å². The second kappa shape index (κ2) is 7.03. The van der Waals surface area contributed by atoms with Gasteiger partial charge in [-0.1, -0.05) is 19.1 Å². The van der Waals surface area contributed by atoms with E-state index >= 15 is 0 Å². The first-order chi connectivity index (χ1) is 13.4. The fraction of sp³-hybridized carbons (Fsp3) is 0.571. The van der Waals surface area contributed by atoms with Crippen LogP contribution in [0.2, 0.25) is 0 Å². The van der Waals surface area contributed by atoms with Crippen molar-refractivity contribution in [1.82, 2.24) is 0 Å². The molecule has 1 heterocycles. The number of esters is 1. The molecule has 1 aromatic rings. The number of carbonyl (C=O) groups excluding carboxylic acids is 3. The van der Waals surface area contributed by atoms with Gasteiger partial charge in [0.25, 0.3) is 0 Å². The van der Waals surface area contributed by atoms with Gasteiger partial charge in [0.05, 0.1) is 18.1 Å². The highest BCUT2D eigenvalue weighted by Crippen LogP contribution is 2.56. The molecular formula is C21H24NO5S-. The predicted octanol–water partition coefficient (Wildman–Crippen LogP) is 2.32. The van der Waals surface area contributed by atoms with E-state index in [0.29, 0.717) is 17.0 Å². The lowest BCUT2D eigenvalue weighted by atomic mass is 9.69. The molecule has 0 unspecified atom stereocenters. The summed E-state index contributed by atoms with van der Waals surface area (Å²) in [5, 5.41) is 15.3. The molecule has 3 aliphatic rings. The third kappa shape index (κ3) is 2.79. The molecular weight excluding hydrogens is 378 g/mol. The molecule has 150 valence electrons. The number of carboxylic acids is 1. The van der Waals surface area contributed by atoms with Crippen molar-refractivity contribution in [3.63, 3.8) is 0 Å². The number of aryl methyl sites for hydroxylation is 1. The molecule has 1 fully saturated rings. The third-order valence-corrected chi connectivity index (χ3v) is 7.78. The van der Waals surface area contributed by atoms with Crippen molar-refractivity contribution in [3.8, 4) is 0 Å². The summed E-state index contributed by atoms with van der Waals surface area (Å²) in [4.78, 5) is 38.8. The Kier molecular flexibility index (Phi) is 4.81. The maximum atomic E-state index is 13.2. The molecule has 0 spiro atoms. The zero-order valence-electron chi connectivity index (χ0n) is 16.1. The molecule has 7 heteroatoms. The first-order valence-corrected chi connectivity index (χ1v) is 10.7. The highest BCUT2D eigenvalue weighted by atomic mass is 32.1. The normalized spacial score (nSPS) is 30.1. The summed E-state index contributed by atoms with van der Waals surface area (Å²) in [6.45, 7) is 3.62. The van der Waals surface area contributed by atoms with E-state index in [1.165, 1.54) is 11.3 Å². The summed E-state index contributed by atoms with van der Waals surface area (Å²) in [5.74, 6) is -2.99. The second-order valence-corrected chi connectivity index (χ2v) is 9.17. The molecule has 2 bridgehead atoms. The molecule has 0 radical (unpaired) electrons. The Labute approximate surface area is 168 Å². The predicted molar refractivity (Wildman–Crippen MR) is 103 cm³/mol. The first-order valence-electron chi connectivity index (χ1n) is 9.90. The number of allylic oxidation sites excluding steroid dienone is 2. The van der Waals surface area contributed by atoms with Crippen LogP contribution in [-0.2, 0) is 27.2 Å². The van der Waals surface area contributed by atoms with Crippen LogP contribution in [0, 0.1) is 23.2 Å². The van der Waals surface area contributed by atoms with Crippen LogP contribution in [0.4, 0.5) is 5.00 Å². The smallest absolute Gasteiger partial charge is 0.341 e. The number of amides is 1. The molecule has 0 aliphatic heterocycles. The molecule has 1 N–H and O–H groups in total. The lowest BCUT2D eigenvalue weighted by Gasteiger charge is -2.38. The summed E-state index contributed by atoms with van der Waals surface area (Å²) in [6.07, 6.45) is 8.21. The van der Waals surface area contributed by atoms with E-state index in [0.717, 1.165) is 36.1 Å². The number of hydrogen-bond acceptors (Lipinski definition) is 6. The highest BCUT2D eigenvalue weighted by Gasteiger charge is 2.57. The van der Waals surface area contributed by atoms with Gasteiger partial charge >= 0.3 is 5.97 Å². The van der Waals surface area contributed by atoms with Crippen molar-refractivity contribution in [2.24, 2.45) is 23.2 Å². The van der Waals surface area contributed by atoms with Crippen molar-refractivity contribution in [2.75, 3.05) is 11.9 Å². The minimum absolute atomic E-state index is 0.117. The Morgan fingerprint density at radius 2 is 2.04 bits per heavy atom. The zero-order valence-corrected chi connectivity index (χ0v) is 16.9. The van der Waals surface area contributed by atoms with Gasteiger partial charge < -0.3 is 20.0 Å². The number of rotatable bonds is 5. The van der Waals surface area contributed by atoms with E-state index < -0.39 is 23.3 Å². The number of aliphatic carboxylic acids is 1. The Bertz CT molecular complexity index is 872. The van der Waals surface area contributed by atoms with Crippen LogP contribution >= 0.6 is 11.3 Å². The lowest BCUT2D eigenvalue weighted by Crippen LogP contribution is -2.51.